The zero-order valence-electron chi connectivity index (χ0n) is 28.6. The van der Waals surface area contributed by atoms with E-state index >= 15 is 0 Å². The van der Waals surface area contributed by atoms with Crippen molar-refractivity contribution >= 4 is 0 Å². The van der Waals surface area contributed by atoms with E-state index in [0.717, 1.165) is 36.9 Å². The van der Waals surface area contributed by atoms with Gasteiger partial charge >= 0.3 is 0 Å². The van der Waals surface area contributed by atoms with E-state index in [0.29, 0.717) is 0 Å². The topological polar surface area (TPSA) is 22.1 Å². The van der Waals surface area contributed by atoms with Crippen molar-refractivity contribution in [2.45, 2.75) is 187 Å². The molecule has 0 radical (unpaired) electrons. The predicted octanol–water partition coefficient (Wildman–Crippen LogP) is 12.9. The van der Waals surface area contributed by atoms with Gasteiger partial charge in [-0.1, -0.05) is 123 Å². The Morgan fingerprint density at radius 1 is 0.571 bits per heavy atom. The third kappa shape index (κ3) is 11.7. The van der Waals surface area contributed by atoms with Gasteiger partial charge in [-0.25, -0.2) is 0 Å². The number of nitrogens with zero attached hydrogens (tertiary/aromatic N) is 1. The number of ether oxygens (including phenoxy) is 1. The van der Waals surface area contributed by atoms with Crippen molar-refractivity contribution < 1.29 is 4.74 Å². The van der Waals surface area contributed by atoms with Crippen LogP contribution in [0.5, 0.6) is 0 Å². The third-order valence-corrected chi connectivity index (χ3v) is 10.7. The van der Waals surface area contributed by atoms with Crippen molar-refractivity contribution in [1.29, 1.82) is 0 Å². The molecule has 42 heavy (non-hydrogen) atoms. The molecule has 4 atom stereocenters. The molecule has 3 aliphatic rings. The Bertz CT molecular complexity index is 792. The third-order valence-electron chi connectivity index (χ3n) is 10.7. The second-order valence-electron chi connectivity index (χ2n) is 14.0. The maximum absolute atomic E-state index is 5.88. The number of hydrogen-bond acceptors (Lipinski definition) is 2. The van der Waals surface area contributed by atoms with Gasteiger partial charge in [0.15, 0.2) is 0 Å². The zero-order valence-corrected chi connectivity index (χ0v) is 28.6. The molecule has 0 aromatic carbocycles. The lowest BCUT2D eigenvalue weighted by molar-refractivity contribution is 0.130. The molecule has 0 saturated carbocycles. The molecule has 0 bridgehead atoms. The van der Waals surface area contributed by atoms with Crippen LogP contribution in [0.15, 0.2) is 29.6 Å². The molecule has 240 valence electrons. The van der Waals surface area contributed by atoms with E-state index in [1.807, 2.05) is 11.8 Å². The average molecular weight is 580 g/mol. The predicted molar refractivity (Wildman–Crippen MR) is 183 cm³/mol. The quantitative estimate of drug-likeness (QED) is 0.286. The molecule has 0 saturated heterocycles. The molecule has 0 amide bonds. The summed E-state index contributed by atoms with van der Waals surface area (Å²) in [6.45, 7) is 11.3. The number of fused-ring (bicyclic) bond motifs is 1. The van der Waals surface area contributed by atoms with E-state index in [2.05, 4.69) is 44.9 Å². The van der Waals surface area contributed by atoms with Crippen molar-refractivity contribution in [3.63, 3.8) is 0 Å². The molecule has 1 aliphatic heterocycles. The summed E-state index contributed by atoms with van der Waals surface area (Å²) in [7, 11) is 0. The van der Waals surface area contributed by atoms with Gasteiger partial charge in [0.2, 0.25) is 0 Å². The van der Waals surface area contributed by atoms with Crippen LogP contribution in [0.25, 0.3) is 0 Å². The molecule has 0 spiro atoms. The van der Waals surface area contributed by atoms with Gasteiger partial charge in [-0.2, -0.15) is 0 Å². The van der Waals surface area contributed by atoms with Gasteiger partial charge in [0.05, 0.1) is 13.2 Å². The molecule has 4 unspecified atom stereocenters. The molecular weight excluding hydrogens is 510 g/mol. The Hall–Kier alpha value is -1.15. The van der Waals surface area contributed by atoms with E-state index < -0.39 is 0 Å². The van der Waals surface area contributed by atoms with Crippen molar-refractivity contribution in [2.24, 2.45) is 11.8 Å². The minimum absolute atomic E-state index is 0.746. The lowest BCUT2D eigenvalue weighted by Crippen LogP contribution is -2.22. The van der Waals surface area contributed by atoms with Crippen LogP contribution in [0.2, 0.25) is 0 Å². The van der Waals surface area contributed by atoms with Crippen LogP contribution in [-0.2, 0) is 4.74 Å². The normalized spacial score (nSPS) is 26.5. The van der Waals surface area contributed by atoms with E-state index in [4.69, 9.17) is 4.74 Å². The van der Waals surface area contributed by atoms with Crippen LogP contribution in [0.3, 0.4) is 0 Å². The van der Waals surface area contributed by atoms with Crippen molar-refractivity contribution in [1.82, 2.24) is 4.98 Å². The van der Waals surface area contributed by atoms with Gasteiger partial charge in [0.1, 0.15) is 0 Å². The average Bonchev–Trinajstić information content (AvgIpc) is 3.08. The molecule has 0 N–H and O–H groups in total. The van der Waals surface area contributed by atoms with Gasteiger partial charge in [-0.05, 0) is 104 Å². The fraction of sp³-hybridized carbons (Fsp3) is 0.825. The summed E-state index contributed by atoms with van der Waals surface area (Å²) < 4.78 is 5.88. The molecule has 1 aromatic heterocycles. The summed E-state index contributed by atoms with van der Waals surface area (Å²) in [5.41, 5.74) is 6.79. The van der Waals surface area contributed by atoms with Gasteiger partial charge in [0, 0.05) is 12.4 Å². The van der Waals surface area contributed by atoms with E-state index in [9.17, 15) is 0 Å². The minimum atomic E-state index is 0.746. The fourth-order valence-electron chi connectivity index (χ4n) is 8.51. The molecule has 4 rings (SSSR count). The Balaban J connectivity index is 0.000000230. The smallest absolute Gasteiger partial charge is 0.0682 e. The first-order valence-corrected chi connectivity index (χ1v) is 19.0. The van der Waals surface area contributed by atoms with Crippen LogP contribution in [0.4, 0.5) is 0 Å². The van der Waals surface area contributed by atoms with Crippen molar-refractivity contribution in [3.05, 3.63) is 40.7 Å². The lowest BCUT2D eigenvalue weighted by atomic mass is 9.78. The van der Waals surface area contributed by atoms with Crippen molar-refractivity contribution in [2.75, 3.05) is 13.2 Å². The summed E-state index contributed by atoms with van der Waals surface area (Å²) in [5, 5.41) is 0. The van der Waals surface area contributed by atoms with Crippen molar-refractivity contribution in [3.8, 4) is 0 Å². The van der Waals surface area contributed by atoms with Gasteiger partial charge < -0.3 is 4.74 Å². The monoisotopic (exact) mass is 580 g/mol. The Kier molecular flexibility index (Phi) is 18.1. The first kappa shape index (κ1) is 35.3. The lowest BCUT2D eigenvalue weighted by Gasteiger charge is -2.32. The SMILES string of the molecule is CCCC1CCCCCCCC(CCC)C2=C1CCOC2.CCCC1CCCCCCCC(CCC)c2cnccc21. The maximum atomic E-state index is 5.88. The fourth-order valence-corrected chi connectivity index (χ4v) is 8.51. The van der Waals surface area contributed by atoms with Crippen LogP contribution < -0.4 is 0 Å². The number of hydrogen-bond donors (Lipinski definition) is 0. The minimum Gasteiger partial charge on any atom is -0.377 e. The molecule has 2 heterocycles. The molecule has 2 aliphatic carbocycles. The van der Waals surface area contributed by atoms with E-state index in [-0.39, 0.29) is 0 Å². The first-order chi connectivity index (χ1) is 20.7. The highest BCUT2D eigenvalue weighted by molar-refractivity contribution is 5.31. The summed E-state index contributed by atoms with van der Waals surface area (Å²) in [4.78, 5) is 4.47. The number of rotatable bonds is 8. The number of pyridine rings is 1. The molecule has 2 heteroatoms. The zero-order chi connectivity index (χ0) is 29.8. The van der Waals surface area contributed by atoms with Gasteiger partial charge in [0.25, 0.3) is 0 Å². The molecule has 2 nitrogen and oxygen atoms in total. The summed E-state index contributed by atoms with van der Waals surface area (Å²) in [5.74, 6) is 3.20. The second kappa shape index (κ2) is 21.5. The standard InChI is InChI=1S/C20H33N.C20H36O/c2*1-3-10-17-12-8-6-5-7-9-13-18(11-4-2)20-16-21-15-14-19(17)20/h14-18H,3-13H2,1-2H3;17-18H,3-16H2,1-2H3. The highest BCUT2D eigenvalue weighted by Crippen LogP contribution is 2.39. The Labute approximate surface area is 262 Å². The van der Waals surface area contributed by atoms with Gasteiger partial charge in [-0.3, -0.25) is 4.98 Å². The Morgan fingerprint density at radius 2 is 1.02 bits per heavy atom. The van der Waals surface area contributed by atoms with Crippen LogP contribution in [-0.4, -0.2) is 18.2 Å². The highest BCUT2D eigenvalue weighted by Gasteiger charge is 2.26. The molecular formula is C40H69NO. The Morgan fingerprint density at radius 3 is 1.57 bits per heavy atom. The van der Waals surface area contributed by atoms with Crippen LogP contribution >= 0.6 is 0 Å². The van der Waals surface area contributed by atoms with Crippen LogP contribution in [0.1, 0.15) is 198 Å². The summed E-state index contributed by atoms with van der Waals surface area (Å²) in [6, 6.07) is 2.33. The first-order valence-electron chi connectivity index (χ1n) is 19.0. The molecule has 0 fully saturated rings. The number of aromatic nitrogens is 1. The second-order valence-corrected chi connectivity index (χ2v) is 14.0. The van der Waals surface area contributed by atoms with E-state index in [1.54, 1.807) is 16.7 Å². The molecule has 1 aromatic rings. The summed E-state index contributed by atoms with van der Waals surface area (Å²) in [6.07, 6.45) is 36.0. The largest absolute Gasteiger partial charge is 0.377 e. The summed E-state index contributed by atoms with van der Waals surface area (Å²) >= 11 is 0. The highest BCUT2D eigenvalue weighted by atomic mass is 16.5. The maximum Gasteiger partial charge on any atom is 0.0682 e. The van der Waals surface area contributed by atoms with Crippen LogP contribution in [0, 0.1) is 11.8 Å². The van der Waals surface area contributed by atoms with Gasteiger partial charge in [-0.15, -0.1) is 0 Å². The van der Waals surface area contributed by atoms with E-state index in [1.165, 1.54) is 148 Å².